The van der Waals surface area contributed by atoms with Crippen molar-refractivity contribution in [3.8, 4) is 11.8 Å². The zero-order chi connectivity index (χ0) is 30.2. The molecule has 0 fully saturated rings. The van der Waals surface area contributed by atoms with E-state index in [-0.39, 0.29) is 28.3 Å². The van der Waals surface area contributed by atoms with Crippen molar-refractivity contribution in [3.63, 3.8) is 0 Å². The second-order valence-electron chi connectivity index (χ2n) is 12.7. The van der Waals surface area contributed by atoms with Crippen LogP contribution < -0.4 is 15.8 Å². The van der Waals surface area contributed by atoms with E-state index in [2.05, 4.69) is 75.2 Å². The number of hydrogen-bond donors (Lipinski definition) is 1. The Hall–Kier alpha value is -2.99. The van der Waals surface area contributed by atoms with E-state index >= 15 is 0 Å². The van der Waals surface area contributed by atoms with Gasteiger partial charge in [0, 0.05) is 33.3 Å². The Morgan fingerprint density at radius 1 is 1.05 bits per heavy atom. The number of fused-ring (bicyclic) bond motifs is 1. The van der Waals surface area contributed by atoms with Crippen molar-refractivity contribution >= 4 is 32.4 Å². The number of allylic oxidation sites excluding steroid dienone is 2. The van der Waals surface area contributed by atoms with Crippen LogP contribution in [0.5, 0.6) is 0 Å². The normalized spacial score (nSPS) is 18.9. The fraction of sp³-hybridized carbons (Fsp3) is 0.444. The van der Waals surface area contributed by atoms with Gasteiger partial charge in [0.2, 0.25) is 0 Å². The standard InChI is InChI=1S/C36H46NO3P/c1-9-32(41-36(6,7)8)34(39)33(25(2)40-35(3,4)5)37-31-14-12-10-11-13-29-23-27(21-22-30(29)31)18-15-26-16-19-28(24-38)20-17-26/h10-11,13,16-17,19-25,32-33,37,41H,9,12,14H2,1-8H3/b11-10-,29-13-,31-30+/t25-,32?,33+/m1/s1. The molecule has 1 N–H and O–H groups in total. The van der Waals surface area contributed by atoms with Crippen molar-refractivity contribution in [2.24, 2.45) is 0 Å². The van der Waals surface area contributed by atoms with E-state index in [1.54, 1.807) is 12.1 Å². The van der Waals surface area contributed by atoms with Crippen LogP contribution in [-0.2, 0) is 9.53 Å². The molecule has 1 aliphatic carbocycles. The molecule has 2 aromatic rings. The Morgan fingerprint density at radius 2 is 1.71 bits per heavy atom. The molecule has 218 valence electrons. The number of carbonyl (C=O) groups excluding carboxylic acids is 2. The van der Waals surface area contributed by atoms with Crippen LogP contribution in [0.3, 0.4) is 0 Å². The van der Waals surface area contributed by atoms with Crippen LogP contribution in [0.15, 0.2) is 54.6 Å². The van der Waals surface area contributed by atoms with Gasteiger partial charge in [0.25, 0.3) is 0 Å². The topological polar surface area (TPSA) is 55.4 Å². The first-order valence-corrected chi connectivity index (χ1v) is 15.7. The van der Waals surface area contributed by atoms with E-state index in [1.165, 1.54) is 0 Å². The third kappa shape index (κ3) is 10.1. The lowest BCUT2D eigenvalue weighted by Gasteiger charge is -2.35. The van der Waals surface area contributed by atoms with Gasteiger partial charge in [-0.15, -0.1) is 8.58 Å². The molecule has 0 radical (unpaired) electrons. The fourth-order valence-electron chi connectivity index (χ4n) is 4.97. The predicted octanol–water partition coefficient (Wildman–Crippen LogP) is 6.12. The van der Waals surface area contributed by atoms with Crippen LogP contribution in [0.4, 0.5) is 0 Å². The van der Waals surface area contributed by atoms with Gasteiger partial charge in [0.1, 0.15) is 12.3 Å². The van der Waals surface area contributed by atoms with Crippen molar-refractivity contribution < 1.29 is 14.3 Å². The van der Waals surface area contributed by atoms with E-state index in [0.717, 1.165) is 52.8 Å². The highest BCUT2D eigenvalue weighted by molar-refractivity contribution is 7.42. The Labute approximate surface area is 248 Å². The van der Waals surface area contributed by atoms with Crippen molar-refractivity contribution in [3.05, 3.63) is 81.7 Å². The first kappa shape index (κ1) is 32.5. The predicted molar refractivity (Wildman–Crippen MR) is 174 cm³/mol. The summed E-state index contributed by atoms with van der Waals surface area (Å²) in [7, 11) is 0.540. The largest absolute Gasteiger partial charge is 0.376 e. The molecule has 2 unspecified atom stereocenters. The third-order valence-corrected chi connectivity index (χ3v) is 8.66. The quantitative estimate of drug-likeness (QED) is 0.224. The number of ketones is 1. The molecule has 0 heterocycles. The molecule has 5 heteroatoms. The minimum atomic E-state index is -0.450. The maximum Gasteiger partial charge on any atom is 0.164 e. The van der Waals surface area contributed by atoms with E-state index in [4.69, 9.17) is 4.74 Å². The second-order valence-corrected chi connectivity index (χ2v) is 15.2. The average molecular weight is 572 g/mol. The average Bonchev–Trinajstić information content (AvgIpc) is 2.89. The van der Waals surface area contributed by atoms with Gasteiger partial charge in [0.05, 0.1) is 11.7 Å². The molecular formula is C36H46NO3P. The molecule has 0 amide bonds. The van der Waals surface area contributed by atoms with Crippen LogP contribution in [-0.4, -0.2) is 40.6 Å². The molecule has 2 aromatic carbocycles. The minimum absolute atomic E-state index is 0.0168. The number of aldehydes is 1. The molecule has 3 rings (SSSR count). The number of ether oxygens (including phenoxy) is 1. The summed E-state index contributed by atoms with van der Waals surface area (Å²) >= 11 is 0. The van der Waals surface area contributed by atoms with Crippen LogP contribution in [0.25, 0.3) is 11.8 Å². The zero-order valence-corrected chi connectivity index (χ0v) is 26.9. The summed E-state index contributed by atoms with van der Waals surface area (Å²) in [6, 6.07) is 13.1. The Balaban J connectivity index is 2.04. The molecule has 4 nitrogen and oxygen atoms in total. The highest BCUT2D eigenvalue weighted by atomic mass is 31.1. The molecule has 4 atom stereocenters. The summed E-state index contributed by atoms with van der Waals surface area (Å²) in [6.45, 7) is 16.9. The number of nitrogens with one attached hydrogen (secondary N) is 1. The second kappa shape index (κ2) is 14.3. The summed E-state index contributed by atoms with van der Waals surface area (Å²) in [6.07, 6.45) is 9.41. The lowest BCUT2D eigenvalue weighted by molar-refractivity contribution is -0.128. The number of benzene rings is 2. The van der Waals surface area contributed by atoms with Crippen molar-refractivity contribution in [2.75, 3.05) is 0 Å². The lowest BCUT2D eigenvalue weighted by Crippen LogP contribution is -2.52. The van der Waals surface area contributed by atoms with Crippen LogP contribution in [0, 0.1) is 11.8 Å². The van der Waals surface area contributed by atoms with Crippen molar-refractivity contribution in [1.29, 1.82) is 0 Å². The Bertz CT molecular complexity index is 1430. The maximum atomic E-state index is 14.1. The van der Waals surface area contributed by atoms with E-state index in [0.29, 0.717) is 14.1 Å². The molecule has 0 aliphatic heterocycles. The van der Waals surface area contributed by atoms with Crippen molar-refractivity contribution in [1.82, 2.24) is 5.32 Å². The van der Waals surface area contributed by atoms with Gasteiger partial charge in [-0.2, -0.15) is 0 Å². The molecule has 0 spiro atoms. The fourth-order valence-corrected chi connectivity index (χ4v) is 6.54. The minimum Gasteiger partial charge on any atom is -0.376 e. The van der Waals surface area contributed by atoms with Crippen molar-refractivity contribution in [2.45, 2.75) is 103 Å². The maximum absolute atomic E-state index is 14.1. The first-order chi connectivity index (χ1) is 19.3. The highest BCUT2D eigenvalue weighted by Crippen LogP contribution is 2.38. The summed E-state index contributed by atoms with van der Waals surface area (Å²) < 4.78 is 6.39. The Kier molecular flexibility index (Phi) is 11.3. The summed E-state index contributed by atoms with van der Waals surface area (Å²) in [5, 5.41) is 5.95. The number of Topliss-reactive ketones (excluding diaryl/α,β-unsaturated/α-hetero) is 1. The zero-order valence-electron chi connectivity index (χ0n) is 25.9. The number of carbonyl (C=O) groups is 2. The SMILES string of the molecule is CCC(PC(C)(C)C)C(=O)[C@@H](N\C1=c2/ccc(C#Cc3ccc(C=O)cc3)c/c2=C/C=C\CC1)[C@@H](C)OC(C)(C)C. The van der Waals surface area contributed by atoms with Crippen LogP contribution in [0.2, 0.25) is 0 Å². The van der Waals surface area contributed by atoms with E-state index in [1.807, 2.05) is 45.9 Å². The monoisotopic (exact) mass is 571 g/mol. The van der Waals surface area contributed by atoms with Gasteiger partial charge < -0.3 is 10.1 Å². The summed E-state index contributed by atoms with van der Waals surface area (Å²) in [5.74, 6) is 6.69. The molecule has 0 saturated heterocycles. The first-order valence-electron chi connectivity index (χ1n) is 14.6. The summed E-state index contributed by atoms with van der Waals surface area (Å²) in [4.78, 5) is 25.1. The molecule has 0 bridgehead atoms. The van der Waals surface area contributed by atoms with E-state index < -0.39 is 6.04 Å². The molecule has 0 saturated carbocycles. The van der Waals surface area contributed by atoms with Gasteiger partial charge in [0.15, 0.2) is 5.78 Å². The summed E-state index contributed by atoms with van der Waals surface area (Å²) in [5.41, 5.74) is 3.07. The van der Waals surface area contributed by atoms with Crippen LogP contribution in [0.1, 0.15) is 96.1 Å². The van der Waals surface area contributed by atoms with Gasteiger partial charge in [-0.25, -0.2) is 0 Å². The lowest BCUT2D eigenvalue weighted by atomic mass is 9.99. The number of rotatable bonds is 9. The Morgan fingerprint density at radius 3 is 2.32 bits per heavy atom. The van der Waals surface area contributed by atoms with E-state index in [9.17, 15) is 9.59 Å². The molecule has 0 aromatic heterocycles. The molecule has 41 heavy (non-hydrogen) atoms. The smallest absolute Gasteiger partial charge is 0.164 e. The van der Waals surface area contributed by atoms with Gasteiger partial charge in [-0.1, -0.05) is 76.0 Å². The molecule has 1 aliphatic rings. The van der Waals surface area contributed by atoms with Gasteiger partial charge >= 0.3 is 0 Å². The van der Waals surface area contributed by atoms with Gasteiger partial charge in [-0.3, -0.25) is 9.59 Å². The van der Waals surface area contributed by atoms with Crippen LogP contribution >= 0.6 is 8.58 Å². The molecular weight excluding hydrogens is 525 g/mol. The van der Waals surface area contributed by atoms with Gasteiger partial charge in [-0.05, 0) is 81.6 Å². The highest BCUT2D eigenvalue weighted by Gasteiger charge is 2.35. The number of hydrogen-bond acceptors (Lipinski definition) is 4. The third-order valence-electron chi connectivity index (χ3n) is 6.75.